The Labute approximate surface area is 174 Å². The second-order valence-corrected chi connectivity index (χ2v) is 7.57. The van der Waals surface area contributed by atoms with E-state index in [2.05, 4.69) is 23.2 Å². The van der Waals surface area contributed by atoms with Gasteiger partial charge in [0.2, 0.25) is 11.8 Å². The van der Waals surface area contributed by atoms with Gasteiger partial charge in [0.1, 0.15) is 0 Å². The molecule has 1 heterocycles. The normalized spacial score (nSPS) is 15.8. The minimum Gasteiger partial charge on any atom is -0.339 e. The second kappa shape index (κ2) is 11.5. The first-order chi connectivity index (χ1) is 14.0. The maximum atomic E-state index is 12.6. The number of likely N-dealkylation sites (N-methyl/N-ethyl adjacent to an activating group) is 1. The number of hydrogen-bond donors (Lipinski definition) is 1. The highest BCUT2D eigenvalue weighted by atomic mass is 16.2. The molecule has 1 N–H and O–H groups in total. The fourth-order valence-corrected chi connectivity index (χ4v) is 3.52. The maximum Gasteiger partial charge on any atom is 0.238 e. The quantitative estimate of drug-likeness (QED) is 0.685. The summed E-state index contributed by atoms with van der Waals surface area (Å²) in [5, 5.41) is 12.0. The molecule has 0 aliphatic carbocycles. The van der Waals surface area contributed by atoms with Crippen LogP contribution in [0.25, 0.3) is 0 Å². The van der Waals surface area contributed by atoms with Crippen LogP contribution in [0.4, 0.5) is 5.69 Å². The molecule has 29 heavy (non-hydrogen) atoms. The van der Waals surface area contributed by atoms with Gasteiger partial charge in [-0.25, -0.2) is 0 Å². The molecular weight excluding hydrogens is 366 g/mol. The summed E-state index contributed by atoms with van der Waals surface area (Å²) in [5.74, 6) is -0.0118. The van der Waals surface area contributed by atoms with Crippen LogP contribution in [0.1, 0.15) is 26.3 Å². The zero-order valence-electron chi connectivity index (χ0n) is 17.9. The Morgan fingerprint density at radius 2 is 1.90 bits per heavy atom. The average molecular weight is 400 g/mol. The number of aryl methyl sites for hydroxylation is 1. The number of hydrogen-bond acceptors (Lipinski definition) is 5. The number of piperazine rings is 1. The van der Waals surface area contributed by atoms with Gasteiger partial charge in [0.05, 0.1) is 25.1 Å². The van der Waals surface area contributed by atoms with E-state index < -0.39 is 0 Å². The van der Waals surface area contributed by atoms with Crippen molar-refractivity contribution in [1.29, 1.82) is 5.26 Å². The monoisotopic (exact) mass is 399 g/mol. The Morgan fingerprint density at radius 3 is 2.52 bits per heavy atom. The molecule has 1 fully saturated rings. The van der Waals surface area contributed by atoms with Gasteiger partial charge >= 0.3 is 0 Å². The molecule has 1 aromatic rings. The Morgan fingerprint density at radius 1 is 1.21 bits per heavy atom. The maximum absolute atomic E-state index is 12.6. The highest BCUT2D eigenvalue weighted by Gasteiger charge is 2.24. The SMILES string of the molecule is CCc1ccccc1NC(=O)CN1CCN(C(=O)CN(CC)CC(C)C#N)CC1. The van der Waals surface area contributed by atoms with E-state index in [0.717, 1.165) is 24.2 Å². The predicted octanol–water partition coefficient (Wildman–Crippen LogP) is 1.81. The number of nitrogens with zero attached hydrogens (tertiary/aromatic N) is 4. The van der Waals surface area contributed by atoms with E-state index in [-0.39, 0.29) is 17.7 Å². The summed E-state index contributed by atoms with van der Waals surface area (Å²) >= 11 is 0. The molecule has 7 heteroatoms. The van der Waals surface area contributed by atoms with Gasteiger partial charge < -0.3 is 10.2 Å². The highest BCUT2D eigenvalue weighted by Crippen LogP contribution is 2.15. The molecule has 1 unspecified atom stereocenters. The molecule has 1 atom stereocenters. The van der Waals surface area contributed by atoms with Gasteiger partial charge in [0.25, 0.3) is 0 Å². The lowest BCUT2D eigenvalue weighted by molar-refractivity contribution is -0.134. The van der Waals surface area contributed by atoms with E-state index in [0.29, 0.717) is 45.8 Å². The molecule has 158 valence electrons. The van der Waals surface area contributed by atoms with E-state index in [1.807, 2.05) is 47.9 Å². The summed E-state index contributed by atoms with van der Waals surface area (Å²) in [4.78, 5) is 31.0. The molecule has 1 aromatic carbocycles. The Bertz CT molecular complexity index is 722. The molecule has 2 amide bonds. The molecule has 0 bridgehead atoms. The van der Waals surface area contributed by atoms with E-state index in [4.69, 9.17) is 5.26 Å². The van der Waals surface area contributed by atoms with Crippen LogP contribution in [0.3, 0.4) is 0 Å². The molecule has 2 rings (SSSR count). The summed E-state index contributed by atoms with van der Waals surface area (Å²) in [5.41, 5.74) is 2.00. The number of anilines is 1. The van der Waals surface area contributed by atoms with Crippen LogP contribution in [0.2, 0.25) is 0 Å². The summed E-state index contributed by atoms with van der Waals surface area (Å²) in [6.45, 7) is 10.6. The standard InChI is InChI=1S/C22H33N5O2/c1-4-19-8-6-7-9-20(19)24-21(28)16-26-10-12-27(13-11-26)22(29)17-25(5-2)15-18(3)14-23/h6-9,18H,4-5,10-13,15-17H2,1-3H3,(H,24,28). The van der Waals surface area contributed by atoms with Crippen LogP contribution in [0, 0.1) is 17.2 Å². The first-order valence-electron chi connectivity index (χ1n) is 10.5. The van der Waals surface area contributed by atoms with Crippen LogP contribution in [0.15, 0.2) is 24.3 Å². The Balaban J connectivity index is 1.77. The van der Waals surface area contributed by atoms with Gasteiger partial charge in [-0.05, 0) is 31.5 Å². The summed E-state index contributed by atoms with van der Waals surface area (Å²) in [6, 6.07) is 10.1. The lowest BCUT2D eigenvalue weighted by Gasteiger charge is -2.35. The smallest absolute Gasteiger partial charge is 0.238 e. The molecule has 0 aromatic heterocycles. The topological polar surface area (TPSA) is 79.7 Å². The fourth-order valence-electron chi connectivity index (χ4n) is 3.52. The molecule has 0 radical (unpaired) electrons. The van der Waals surface area contributed by atoms with Gasteiger partial charge in [-0.3, -0.25) is 19.4 Å². The predicted molar refractivity (Wildman–Crippen MR) is 114 cm³/mol. The van der Waals surface area contributed by atoms with Gasteiger partial charge in [-0.15, -0.1) is 0 Å². The summed E-state index contributed by atoms with van der Waals surface area (Å²) in [6.07, 6.45) is 0.874. The molecule has 0 spiro atoms. The molecule has 0 saturated carbocycles. The van der Waals surface area contributed by atoms with Crippen molar-refractivity contribution in [1.82, 2.24) is 14.7 Å². The lowest BCUT2D eigenvalue weighted by atomic mass is 10.1. The third-order valence-electron chi connectivity index (χ3n) is 5.32. The number of rotatable bonds is 9. The minimum atomic E-state index is -0.0871. The van der Waals surface area contributed by atoms with Crippen LogP contribution < -0.4 is 5.32 Å². The number of nitriles is 1. The van der Waals surface area contributed by atoms with Crippen LogP contribution in [0.5, 0.6) is 0 Å². The Hall–Kier alpha value is -2.43. The number of nitrogens with one attached hydrogen (secondary N) is 1. The second-order valence-electron chi connectivity index (χ2n) is 7.57. The van der Waals surface area contributed by atoms with Crippen molar-refractivity contribution < 1.29 is 9.59 Å². The average Bonchev–Trinajstić information content (AvgIpc) is 2.73. The molecule has 1 aliphatic rings. The number of carbonyl (C=O) groups is 2. The van der Waals surface area contributed by atoms with Crippen molar-refractivity contribution in [2.24, 2.45) is 5.92 Å². The number of carbonyl (C=O) groups excluding carboxylic acids is 2. The van der Waals surface area contributed by atoms with Gasteiger partial charge in [-0.1, -0.05) is 32.0 Å². The molecule has 1 saturated heterocycles. The largest absolute Gasteiger partial charge is 0.339 e. The van der Waals surface area contributed by atoms with E-state index in [1.54, 1.807) is 0 Å². The molecular formula is C22H33N5O2. The fraction of sp³-hybridized carbons (Fsp3) is 0.591. The third-order valence-corrected chi connectivity index (χ3v) is 5.32. The highest BCUT2D eigenvalue weighted by molar-refractivity contribution is 5.93. The van der Waals surface area contributed by atoms with Crippen molar-refractivity contribution in [3.63, 3.8) is 0 Å². The van der Waals surface area contributed by atoms with Crippen LogP contribution in [-0.4, -0.2) is 78.9 Å². The lowest BCUT2D eigenvalue weighted by Crippen LogP contribution is -2.52. The summed E-state index contributed by atoms with van der Waals surface area (Å²) < 4.78 is 0. The van der Waals surface area contributed by atoms with Crippen molar-refractivity contribution >= 4 is 17.5 Å². The first kappa shape index (κ1) is 22.9. The van der Waals surface area contributed by atoms with Crippen LogP contribution in [-0.2, 0) is 16.0 Å². The van der Waals surface area contributed by atoms with Gasteiger partial charge in [0.15, 0.2) is 0 Å². The minimum absolute atomic E-state index is 0.0201. The molecule has 1 aliphatic heterocycles. The van der Waals surface area contributed by atoms with Crippen molar-refractivity contribution in [3.05, 3.63) is 29.8 Å². The van der Waals surface area contributed by atoms with Gasteiger partial charge in [0, 0.05) is 38.4 Å². The first-order valence-corrected chi connectivity index (χ1v) is 10.5. The zero-order chi connectivity index (χ0) is 21.2. The van der Waals surface area contributed by atoms with Crippen molar-refractivity contribution in [2.75, 3.05) is 57.7 Å². The number of amides is 2. The number of benzene rings is 1. The van der Waals surface area contributed by atoms with E-state index >= 15 is 0 Å². The zero-order valence-corrected chi connectivity index (χ0v) is 17.9. The third kappa shape index (κ3) is 7.15. The molecule has 7 nitrogen and oxygen atoms in total. The van der Waals surface area contributed by atoms with Crippen molar-refractivity contribution in [3.8, 4) is 6.07 Å². The van der Waals surface area contributed by atoms with Crippen molar-refractivity contribution in [2.45, 2.75) is 27.2 Å². The number of para-hydroxylation sites is 1. The van der Waals surface area contributed by atoms with E-state index in [1.165, 1.54) is 0 Å². The summed E-state index contributed by atoms with van der Waals surface area (Å²) in [7, 11) is 0. The Kier molecular flexibility index (Phi) is 9.10. The van der Waals surface area contributed by atoms with Gasteiger partial charge in [-0.2, -0.15) is 5.26 Å². The van der Waals surface area contributed by atoms with E-state index in [9.17, 15) is 9.59 Å². The van der Waals surface area contributed by atoms with Crippen LogP contribution >= 0.6 is 0 Å².